The number of hydrogen-bond acceptors (Lipinski definition) is 4. The highest BCUT2D eigenvalue weighted by Gasteiger charge is 2.34. The van der Waals surface area contributed by atoms with Gasteiger partial charge in [0.2, 0.25) is 0 Å². The van der Waals surface area contributed by atoms with Crippen molar-refractivity contribution >= 4 is 15.4 Å². The number of rotatable bonds is 5. The van der Waals surface area contributed by atoms with Crippen LogP contribution >= 0.6 is 15.4 Å². The highest BCUT2D eigenvalue weighted by Crippen LogP contribution is 2.51. The van der Waals surface area contributed by atoms with Crippen molar-refractivity contribution in [2.24, 2.45) is 5.73 Å². The second-order valence-corrected chi connectivity index (χ2v) is 5.16. The molecule has 8 nitrogen and oxygen atoms in total. The summed E-state index contributed by atoms with van der Waals surface area (Å²) in [6, 6.07) is 0. The summed E-state index contributed by atoms with van der Waals surface area (Å²) in [4.78, 5) is 33.7. The Morgan fingerprint density at radius 2 is 1.69 bits per heavy atom. The maximum atomic E-state index is 10.6. The summed E-state index contributed by atoms with van der Waals surface area (Å²) in [6.45, 7) is -0.143. The lowest BCUT2D eigenvalue weighted by Gasteiger charge is -2.18. The van der Waals surface area contributed by atoms with Gasteiger partial charge in [0, 0.05) is 0 Å². The van der Waals surface area contributed by atoms with E-state index in [4.69, 9.17) is 25.3 Å². The van der Waals surface area contributed by atoms with Gasteiger partial charge < -0.3 is 25.3 Å². The van der Waals surface area contributed by atoms with Crippen LogP contribution < -0.4 is 5.73 Å². The fourth-order valence-corrected chi connectivity index (χ4v) is 2.35. The highest BCUT2D eigenvalue weighted by atomic mass is 31.2. The van der Waals surface area contributed by atoms with Crippen molar-refractivity contribution in [3.05, 3.63) is 0 Å². The van der Waals surface area contributed by atoms with E-state index in [-0.39, 0.29) is 13.0 Å². The van der Waals surface area contributed by atoms with Crippen LogP contribution in [0.15, 0.2) is 0 Å². The van der Waals surface area contributed by atoms with E-state index in [0.717, 1.165) is 0 Å². The summed E-state index contributed by atoms with van der Waals surface area (Å²) < 4.78 is 24.7. The van der Waals surface area contributed by atoms with Crippen molar-refractivity contribution in [2.75, 3.05) is 6.54 Å². The van der Waals surface area contributed by atoms with E-state index in [1.54, 1.807) is 0 Å². The molecule has 0 saturated carbocycles. The number of phosphoric ester groups is 1. The summed E-state index contributed by atoms with van der Waals surface area (Å²) in [5.74, 6) is -1.85. The monoisotopic (exact) mass is 235 g/mol. The van der Waals surface area contributed by atoms with Crippen molar-refractivity contribution in [1.82, 2.24) is 0 Å². The Bertz CT molecular complexity index is 242. The van der Waals surface area contributed by atoms with Gasteiger partial charge in [0.1, 0.15) is 0 Å². The standard InChI is InChI=1S/C3H11NO7P2/c4-2-1-3(12(5,6)7)11-13(8,9)10/h3H,1-2,4H2,(H2,5,6,7)(H2,8,9,10). The molecular formula is C3H11NO7P2. The van der Waals surface area contributed by atoms with E-state index in [9.17, 15) is 9.13 Å². The molecule has 0 saturated heterocycles. The summed E-state index contributed by atoms with van der Waals surface area (Å²) in [7, 11) is -9.58. The molecule has 0 aliphatic heterocycles. The number of hydrogen-bond donors (Lipinski definition) is 5. The van der Waals surface area contributed by atoms with Crippen LogP contribution in [0.4, 0.5) is 0 Å². The average molecular weight is 235 g/mol. The molecule has 0 radical (unpaired) electrons. The molecule has 1 unspecified atom stereocenters. The quantitative estimate of drug-likeness (QED) is 0.378. The van der Waals surface area contributed by atoms with E-state index >= 15 is 0 Å². The number of nitrogens with two attached hydrogens (primary N) is 1. The first-order valence-corrected chi connectivity index (χ1v) is 6.37. The Labute approximate surface area is 74.1 Å². The van der Waals surface area contributed by atoms with E-state index in [0.29, 0.717) is 0 Å². The highest BCUT2D eigenvalue weighted by molar-refractivity contribution is 7.53. The van der Waals surface area contributed by atoms with Gasteiger partial charge in [-0.05, 0) is 13.0 Å². The normalized spacial score (nSPS) is 15.8. The summed E-state index contributed by atoms with van der Waals surface area (Å²) in [5.41, 5.74) is 4.97. The first-order chi connectivity index (χ1) is 5.67. The van der Waals surface area contributed by atoms with Crippen LogP contribution in [0.3, 0.4) is 0 Å². The maximum Gasteiger partial charge on any atom is 0.470 e. The van der Waals surface area contributed by atoms with Crippen molar-refractivity contribution in [2.45, 2.75) is 12.3 Å². The van der Waals surface area contributed by atoms with Crippen LogP contribution in [-0.2, 0) is 13.7 Å². The lowest BCUT2D eigenvalue weighted by Crippen LogP contribution is -2.16. The van der Waals surface area contributed by atoms with Crippen LogP contribution in [0.25, 0.3) is 0 Å². The molecule has 0 rings (SSSR count). The van der Waals surface area contributed by atoms with E-state index in [2.05, 4.69) is 4.52 Å². The average Bonchev–Trinajstić information content (AvgIpc) is 1.81. The maximum absolute atomic E-state index is 10.6. The Hall–Kier alpha value is 0.220. The van der Waals surface area contributed by atoms with Gasteiger partial charge in [0.15, 0.2) is 5.85 Å². The Morgan fingerprint density at radius 3 is 1.92 bits per heavy atom. The van der Waals surface area contributed by atoms with Gasteiger partial charge in [-0.1, -0.05) is 0 Å². The molecule has 0 heterocycles. The van der Waals surface area contributed by atoms with Gasteiger partial charge >= 0.3 is 15.4 Å². The second-order valence-electron chi connectivity index (χ2n) is 2.22. The van der Waals surface area contributed by atoms with Crippen LogP contribution in [-0.4, -0.2) is 32.0 Å². The van der Waals surface area contributed by atoms with Gasteiger partial charge in [-0.2, -0.15) is 0 Å². The lowest BCUT2D eigenvalue weighted by molar-refractivity contribution is 0.151. The molecule has 80 valence electrons. The van der Waals surface area contributed by atoms with Crippen LogP contribution in [0, 0.1) is 0 Å². The molecule has 6 N–H and O–H groups in total. The predicted molar refractivity (Wildman–Crippen MR) is 42.6 cm³/mol. The van der Waals surface area contributed by atoms with Gasteiger partial charge in [-0.25, -0.2) is 4.57 Å². The van der Waals surface area contributed by atoms with Gasteiger partial charge in [-0.3, -0.25) is 9.09 Å². The molecule has 0 amide bonds. The van der Waals surface area contributed by atoms with Crippen molar-refractivity contribution in [1.29, 1.82) is 0 Å². The second kappa shape index (κ2) is 4.63. The summed E-state index contributed by atoms with van der Waals surface area (Å²) in [5, 5.41) is 0. The van der Waals surface area contributed by atoms with Gasteiger partial charge in [0.25, 0.3) is 0 Å². The zero-order chi connectivity index (χ0) is 10.7. The van der Waals surface area contributed by atoms with Gasteiger partial charge in [-0.15, -0.1) is 0 Å². The third kappa shape index (κ3) is 6.31. The molecule has 13 heavy (non-hydrogen) atoms. The lowest BCUT2D eigenvalue weighted by atomic mass is 10.5. The van der Waals surface area contributed by atoms with Crippen LogP contribution in [0.2, 0.25) is 0 Å². The summed E-state index contributed by atoms with van der Waals surface area (Å²) in [6.07, 6.45) is -0.324. The summed E-state index contributed by atoms with van der Waals surface area (Å²) >= 11 is 0. The SMILES string of the molecule is NCCC(OP(=O)(O)O)P(=O)(O)O. The van der Waals surface area contributed by atoms with Crippen molar-refractivity contribution in [3.63, 3.8) is 0 Å². The number of phosphoric acid groups is 1. The molecular weight excluding hydrogens is 224 g/mol. The van der Waals surface area contributed by atoms with E-state index in [1.165, 1.54) is 0 Å². The Kier molecular flexibility index (Phi) is 4.71. The minimum absolute atomic E-state index is 0.143. The van der Waals surface area contributed by atoms with Crippen LogP contribution in [0.5, 0.6) is 0 Å². The Balaban J connectivity index is 4.46. The Morgan fingerprint density at radius 1 is 1.23 bits per heavy atom. The van der Waals surface area contributed by atoms with E-state index < -0.39 is 21.3 Å². The minimum Gasteiger partial charge on any atom is -0.330 e. The zero-order valence-electron chi connectivity index (χ0n) is 6.48. The molecule has 0 aromatic rings. The van der Waals surface area contributed by atoms with Crippen molar-refractivity contribution < 1.29 is 33.2 Å². The molecule has 0 aliphatic carbocycles. The molecule has 0 fully saturated rings. The smallest absolute Gasteiger partial charge is 0.330 e. The molecule has 0 aromatic heterocycles. The third-order valence-corrected chi connectivity index (χ3v) is 2.86. The van der Waals surface area contributed by atoms with Crippen LogP contribution in [0.1, 0.15) is 6.42 Å². The first-order valence-electron chi connectivity index (χ1n) is 3.16. The molecule has 0 aromatic carbocycles. The molecule has 10 heteroatoms. The predicted octanol–water partition coefficient (Wildman–Crippen LogP) is -1.05. The molecule has 1 atom stereocenters. The molecule has 0 spiro atoms. The molecule has 0 aliphatic rings. The van der Waals surface area contributed by atoms with Crippen molar-refractivity contribution in [3.8, 4) is 0 Å². The fraction of sp³-hybridized carbons (Fsp3) is 1.00. The minimum atomic E-state index is -4.90. The topological polar surface area (TPSA) is 150 Å². The van der Waals surface area contributed by atoms with E-state index in [1.807, 2.05) is 0 Å². The first kappa shape index (κ1) is 13.2. The van der Waals surface area contributed by atoms with Gasteiger partial charge in [0.05, 0.1) is 0 Å². The zero-order valence-corrected chi connectivity index (χ0v) is 8.27. The fourth-order valence-electron chi connectivity index (χ4n) is 0.583. The third-order valence-electron chi connectivity index (χ3n) is 1.05. The largest absolute Gasteiger partial charge is 0.470 e. The molecule has 0 bridgehead atoms.